The Labute approximate surface area is 117 Å². The van der Waals surface area contributed by atoms with Gasteiger partial charge in [-0.3, -0.25) is 9.59 Å². The van der Waals surface area contributed by atoms with Crippen molar-refractivity contribution in [2.24, 2.45) is 0 Å². The first-order valence-electron chi connectivity index (χ1n) is 6.91. The van der Waals surface area contributed by atoms with Crippen molar-refractivity contribution < 1.29 is 14.3 Å². The Morgan fingerprint density at radius 1 is 1.35 bits per heavy atom. The van der Waals surface area contributed by atoms with Crippen LogP contribution in [0, 0.1) is 0 Å². The third kappa shape index (κ3) is 2.18. The van der Waals surface area contributed by atoms with Crippen molar-refractivity contribution in [3.05, 3.63) is 29.3 Å². The summed E-state index contributed by atoms with van der Waals surface area (Å²) in [6, 6.07) is 5.36. The van der Waals surface area contributed by atoms with Gasteiger partial charge in [-0.25, -0.2) is 0 Å². The lowest BCUT2D eigenvalue weighted by molar-refractivity contribution is -0.133. The van der Waals surface area contributed by atoms with Crippen LogP contribution >= 0.6 is 0 Å². The van der Waals surface area contributed by atoms with Gasteiger partial charge in [-0.2, -0.15) is 0 Å². The molecule has 1 N–H and O–H groups in total. The Kier molecular flexibility index (Phi) is 3.44. The van der Waals surface area contributed by atoms with Crippen molar-refractivity contribution in [3.8, 4) is 5.75 Å². The average Bonchev–Trinajstić information content (AvgIpc) is 2.84. The van der Waals surface area contributed by atoms with Crippen molar-refractivity contribution in [2.75, 3.05) is 33.3 Å². The molecule has 20 heavy (non-hydrogen) atoms. The topological polar surface area (TPSA) is 58.6 Å². The maximum absolute atomic E-state index is 12.6. The van der Waals surface area contributed by atoms with E-state index in [2.05, 4.69) is 5.32 Å². The number of hydrogen-bond donors (Lipinski definition) is 1. The number of ether oxygens (including phenoxy) is 1. The first-order valence-corrected chi connectivity index (χ1v) is 6.91. The zero-order chi connectivity index (χ0) is 14.1. The van der Waals surface area contributed by atoms with E-state index < -0.39 is 0 Å². The number of nitrogens with zero attached hydrogens (tertiary/aromatic N) is 1. The molecule has 1 saturated heterocycles. The Bertz CT molecular complexity index is 550. The number of benzene rings is 1. The minimum atomic E-state index is -0.342. The van der Waals surface area contributed by atoms with Crippen molar-refractivity contribution in [2.45, 2.75) is 12.3 Å². The minimum absolute atomic E-state index is 0.0520. The van der Waals surface area contributed by atoms with Crippen LogP contribution in [-0.4, -0.2) is 49.9 Å². The quantitative estimate of drug-likeness (QED) is 0.866. The lowest BCUT2D eigenvalue weighted by Crippen LogP contribution is -2.47. The van der Waals surface area contributed by atoms with E-state index in [4.69, 9.17) is 4.74 Å². The summed E-state index contributed by atoms with van der Waals surface area (Å²) in [5, 5.41) is 3.23. The van der Waals surface area contributed by atoms with Gasteiger partial charge in [0.2, 0.25) is 5.91 Å². The molecular weight excluding hydrogens is 256 g/mol. The van der Waals surface area contributed by atoms with Gasteiger partial charge in [0.1, 0.15) is 5.75 Å². The molecular formula is C15H18N2O3. The molecule has 5 nitrogen and oxygen atoms in total. The fourth-order valence-electron chi connectivity index (χ4n) is 2.94. The number of Topliss-reactive ketones (excluding diaryl/α,β-unsaturated/α-hetero) is 1. The molecule has 0 bridgehead atoms. The minimum Gasteiger partial charge on any atom is -0.497 e. The van der Waals surface area contributed by atoms with Crippen LogP contribution in [0.4, 0.5) is 0 Å². The van der Waals surface area contributed by atoms with E-state index in [1.807, 2.05) is 11.0 Å². The van der Waals surface area contributed by atoms with E-state index in [1.54, 1.807) is 19.2 Å². The van der Waals surface area contributed by atoms with Crippen LogP contribution in [0.25, 0.3) is 0 Å². The van der Waals surface area contributed by atoms with Gasteiger partial charge in [0, 0.05) is 38.2 Å². The molecule has 1 fully saturated rings. The second kappa shape index (κ2) is 5.25. The lowest BCUT2D eigenvalue weighted by Gasteiger charge is -2.29. The average molecular weight is 274 g/mol. The molecule has 0 aromatic heterocycles. The number of rotatable bonds is 2. The van der Waals surface area contributed by atoms with Gasteiger partial charge in [-0.05, 0) is 23.8 Å². The van der Waals surface area contributed by atoms with Gasteiger partial charge in [-0.1, -0.05) is 0 Å². The Balaban J connectivity index is 1.89. The summed E-state index contributed by atoms with van der Waals surface area (Å²) < 4.78 is 5.20. The van der Waals surface area contributed by atoms with Gasteiger partial charge >= 0.3 is 0 Å². The van der Waals surface area contributed by atoms with Crippen molar-refractivity contribution in [1.82, 2.24) is 10.2 Å². The summed E-state index contributed by atoms with van der Waals surface area (Å²) in [5.41, 5.74) is 1.48. The van der Waals surface area contributed by atoms with Gasteiger partial charge in [0.25, 0.3) is 0 Å². The van der Waals surface area contributed by atoms with E-state index in [-0.39, 0.29) is 24.0 Å². The number of piperazine rings is 1. The lowest BCUT2D eigenvalue weighted by atomic mass is 9.99. The molecule has 1 aliphatic carbocycles. The maximum atomic E-state index is 12.6. The number of carbonyl (C=O) groups is 2. The molecule has 5 heteroatoms. The molecule has 2 aliphatic rings. The standard InChI is InChI=1S/C15H18N2O3/c1-20-10-2-3-11-12(8-10)13(9-14(11)18)15(19)17-6-4-16-5-7-17/h2-3,8,13,16H,4-7,9H2,1H3. The molecule has 1 aromatic carbocycles. The molecule has 1 unspecified atom stereocenters. The summed E-state index contributed by atoms with van der Waals surface area (Å²) in [4.78, 5) is 26.5. The van der Waals surface area contributed by atoms with E-state index in [1.165, 1.54) is 0 Å². The number of hydrogen-bond acceptors (Lipinski definition) is 4. The number of methoxy groups -OCH3 is 1. The molecule has 1 heterocycles. The van der Waals surface area contributed by atoms with Gasteiger partial charge < -0.3 is 15.0 Å². The monoisotopic (exact) mass is 274 g/mol. The van der Waals surface area contributed by atoms with E-state index >= 15 is 0 Å². The normalized spacial score (nSPS) is 21.8. The van der Waals surface area contributed by atoms with Crippen LogP contribution in [0.2, 0.25) is 0 Å². The van der Waals surface area contributed by atoms with Crippen LogP contribution in [-0.2, 0) is 4.79 Å². The number of ketones is 1. The second-order valence-electron chi connectivity index (χ2n) is 5.21. The summed E-state index contributed by atoms with van der Waals surface area (Å²) in [6.07, 6.45) is 0.283. The Hall–Kier alpha value is -1.88. The predicted octanol–water partition coefficient (Wildman–Crippen LogP) is 0.797. The molecule has 1 aromatic rings. The Morgan fingerprint density at radius 3 is 2.80 bits per heavy atom. The molecule has 106 valence electrons. The SMILES string of the molecule is COc1ccc2c(c1)C(C(=O)N1CCNCC1)CC2=O. The molecule has 1 atom stereocenters. The Morgan fingerprint density at radius 2 is 2.10 bits per heavy atom. The predicted molar refractivity (Wildman–Crippen MR) is 74.1 cm³/mol. The zero-order valence-electron chi connectivity index (χ0n) is 11.5. The molecule has 0 radical (unpaired) electrons. The fraction of sp³-hybridized carbons (Fsp3) is 0.467. The number of nitrogens with one attached hydrogen (secondary N) is 1. The van der Waals surface area contributed by atoms with Crippen LogP contribution < -0.4 is 10.1 Å². The third-order valence-corrected chi connectivity index (χ3v) is 4.05. The molecule has 1 amide bonds. The highest BCUT2D eigenvalue weighted by molar-refractivity contribution is 6.06. The highest BCUT2D eigenvalue weighted by Gasteiger charge is 2.37. The number of amides is 1. The van der Waals surface area contributed by atoms with Crippen LogP contribution in [0.15, 0.2) is 18.2 Å². The summed E-state index contributed by atoms with van der Waals surface area (Å²) >= 11 is 0. The first kappa shape index (κ1) is 13.1. The molecule has 0 saturated carbocycles. The first-order chi connectivity index (χ1) is 9.70. The number of carbonyl (C=O) groups excluding carboxylic acids is 2. The highest BCUT2D eigenvalue weighted by atomic mass is 16.5. The van der Waals surface area contributed by atoms with Gasteiger partial charge in [0.05, 0.1) is 13.0 Å². The van der Waals surface area contributed by atoms with Crippen LogP contribution in [0.3, 0.4) is 0 Å². The van der Waals surface area contributed by atoms with Crippen molar-refractivity contribution in [3.63, 3.8) is 0 Å². The fourth-order valence-corrected chi connectivity index (χ4v) is 2.94. The highest BCUT2D eigenvalue weighted by Crippen LogP contribution is 2.36. The largest absolute Gasteiger partial charge is 0.497 e. The maximum Gasteiger partial charge on any atom is 0.230 e. The van der Waals surface area contributed by atoms with E-state index in [0.29, 0.717) is 24.4 Å². The van der Waals surface area contributed by atoms with Crippen LogP contribution in [0.1, 0.15) is 28.3 Å². The molecule has 0 spiro atoms. The molecule has 1 aliphatic heterocycles. The van der Waals surface area contributed by atoms with Crippen molar-refractivity contribution >= 4 is 11.7 Å². The smallest absolute Gasteiger partial charge is 0.230 e. The van der Waals surface area contributed by atoms with Gasteiger partial charge in [0.15, 0.2) is 5.78 Å². The van der Waals surface area contributed by atoms with E-state index in [0.717, 1.165) is 18.7 Å². The second-order valence-corrected chi connectivity index (χ2v) is 5.21. The summed E-state index contributed by atoms with van der Waals surface area (Å²) in [7, 11) is 1.59. The van der Waals surface area contributed by atoms with Crippen molar-refractivity contribution in [1.29, 1.82) is 0 Å². The van der Waals surface area contributed by atoms with Gasteiger partial charge in [-0.15, -0.1) is 0 Å². The summed E-state index contributed by atoms with van der Waals surface area (Å²) in [5.74, 6) is 0.463. The third-order valence-electron chi connectivity index (χ3n) is 4.05. The zero-order valence-corrected chi connectivity index (χ0v) is 11.5. The van der Waals surface area contributed by atoms with Crippen LogP contribution in [0.5, 0.6) is 5.75 Å². The summed E-state index contributed by atoms with van der Waals surface area (Å²) in [6.45, 7) is 3.06. The number of fused-ring (bicyclic) bond motifs is 1. The molecule has 3 rings (SSSR count). The van der Waals surface area contributed by atoms with E-state index in [9.17, 15) is 9.59 Å².